The Labute approximate surface area is 90.9 Å². The molecular weight excluding hydrogens is 188 g/mol. The summed E-state index contributed by atoms with van der Waals surface area (Å²) in [6, 6.07) is 0. The van der Waals surface area contributed by atoms with E-state index in [0.717, 1.165) is 24.0 Å². The van der Waals surface area contributed by atoms with Crippen molar-refractivity contribution >= 4 is 5.71 Å². The molecule has 4 saturated carbocycles. The number of hydrogen-bond donors (Lipinski definition) is 2. The molecule has 0 heterocycles. The molecule has 4 fully saturated rings. The normalized spacial score (nSPS) is 51.0. The van der Waals surface area contributed by atoms with Gasteiger partial charge in [-0.05, 0) is 57.4 Å². The average Bonchev–Trinajstić information content (AvgIpc) is 2.41. The van der Waals surface area contributed by atoms with Crippen LogP contribution in [0.3, 0.4) is 0 Å². The molecule has 0 aromatic heterocycles. The standard InChI is InChI=1S/C12H20N2O/c1-13-12-5-8-2-9(6-12)4-11(14-15)10(3-8)7-12/h8-10,13,15H,2-7H2,1H3/b14-11-. The summed E-state index contributed by atoms with van der Waals surface area (Å²) in [6.07, 6.45) is 7.49. The molecule has 0 saturated heterocycles. The highest BCUT2D eigenvalue weighted by atomic mass is 16.4. The lowest BCUT2D eigenvalue weighted by Crippen LogP contribution is -2.52. The molecular formula is C12H20N2O. The van der Waals surface area contributed by atoms with Gasteiger partial charge >= 0.3 is 0 Å². The van der Waals surface area contributed by atoms with Crippen LogP contribution in [0.1, 0.15) is 38.5 Å². The molecule has 15 heavy (non-hydrogen) atoms. The topological polar surface area (TPSA) is 44.6 Å². The minimum atomic E-state index is 0.364. The maximum absolute atomic E-state index is 9.09. The van der Waals surface area contributed by atoms with Crippen LogP contribution in [-0.2, 0) is 0 Å². The Morgan fingerprint density at radius 2 is 2.07 bits per heavy atom. The molecule has 3 nitrogen and oxygen atoms in total. The fourth-order valence-corrected chi connectivity index (χ4v) is 4.43. The predicted octanol–water partition coefficient (Wildman–Crippen LogP) is 2.00. The quantitative estimate of drug-likeness (QED) is 0.511. The van der Waals surface area contributed by atoms with E-state index in [4.69, 9.17) is 5.21 Å². The molecule has 4 unspecified atom stereocenters. The van der Waals surface area contributed by atoms with Crippen molar-refractivity contribution in [3.8, 4) is 0 Å². The molecule has 2 N–H and O–H groups in total. The van der Waals surface area contributed by atoms with Gasteiger partial charge in [-0.25, -0.2) is 0 Å². The average molecular weight is 208 g/mol. The summed E-state index contributed by atoms with van der Waals surface area (Å²) in [5, 5.41) is 16.2. The lowest BCUT2D eigenvalue weighted by molar-refractivity contribution is 0.0845. The summed E-state index contributed by atoms with van der Waals surface area (Å²) in [4.78, 5) is 0. The van der Waals surface area contributed by atoms with E-state index in [9.17, 15) is 0 Å². The molecule has 4 atom stereocenters. The van der Waals surface area contributed by atoms with Crippen molar-refractivity contribution in [2.75, 3.05) is 7.05 Å². The zero-order valence-electron chi connectivity index (χ0n) is 9.37. The molecule has 0 spiro atoms. The number of rotatable bonds is 1. The molecule has 0 aromatic carbocycles. The highest BCUT2D eigenvalue weighted by Crippen LogP contribution is 2.52. The summed E-state index contributed by atoms with van der Waals surface area (Å²) in [5.41, 5.74) is 1.45. The first-order chi connectivity index (χ1) is 7.24. The highest BCUT2D eigenvalue weighted by molar-refractivity contribution is 5.87. The summed E-state index contributed by atoms with van der Waals surface area (Å²) in [6.45, 7) is 0. The lowest BCUT2D eigenvalue weighted by Gasteiger charge is -2.48. The van der Waals surface area contributed by atoms with Gasteiger partial charge in [-0.3, -0.25) is 0 Å². The van der Waals surface area contributed by atoms with Gasteiger partial charge in [-0.1, -0.05) is 5.16 Å². The van der Waals surface area contributed by atoms with Gasteiger partial charge in [0.2, 0.25) is 0 Å². The third-order valence-electron chi connectivity index (χ3n) is 4.91. The van der Waals surface area contributed by atoms with E-state index >= 15 is 0 Å². The number of nitrogens with zero attached hydrogens (tertiary/aromatic N) is 1. The zero-order chi connectivity index (χ0) is 10.5. The molecule has 0 aliphatic heterocycles. The number of fused-ring (bicyclic) bond motifs is 1. The molecule has 84 valence electrons. The summed E-state index contributed by atoms with van der Waals surface area (Å²) in [7, 11) is 2.10. The van der Waals surface area contributed by atoms with Gasteiger partial charge in [0.25, 0.3) is 0 Å². The molecule has 0 amide bonds. The van der Waals surface area contributed by atoms with Gasteiger partial charge in [0.1, 0.15) is 0 Å². The molecule has 4 rings (SSSR count). The molecule has 4 aliphatic rings. The van der Waals surface area contributed by atoms with E-state index in [-0.39, 0.29) is 0 Å². The van der Waals surface area contributed by atoms with Gasteiger partial charge in [0.05, 0.1) is 5.71 Å². The largest absolute Gasteiger partial charge is 0.411 e. The van der Waals surface area contributed by atoms with Crippen molar-refractivity contribution in [1.29, 1.82) is 0 Å². The van der Waals surface area contributed by atoms with Gasteiger partial charge in [-0.2, -0.15) is 0 Å². The van der Waals surface area contributed by atoms with E-state index in [2.05, 4.69) is 17.5 Å². The van der Waals surface area contributed by atoms with Crippen LogP contribution in [-0.4, -0.2) is 23.5 Å². The monoisotopic (exact) mass is 208 g/mol. The van der Waals surface area contributed by atoms with Gasteiger partial charge < -0.3 is 10.5 Å². The molecule has 0 radical (unpaired) electrons. The van der Waals surface area contributed by atoms with Crippen molar-refractivity contribution in [2.24, 2.45) is 22.9 Å². The molecule has 3 heteroatoms. The SMILES string of the molecule is CNC12CC3C/C(=N/O)C(CC(C3)C1)C2. The van der Waals surface area contributed by atoms with Crippen molar-refractivity contribution in [1.82, 2.24) is 5.32 Å². The Hall–Kier alpha value is -0.570. The summed E-state index contributed by atoms with van der Waals surface area (Å²) in [5.74, 6) is 2.18. The fraction of sp³-hybridized carbons (Fsp3) is 0.917. The van der Waals surface area contributed by atoms with E-state index in [1.165, 1.54) is 32.1 Å². The predicted molar refractivity (Wildman–Crippen MR) is 59.2 cm³/mol. The van der Waals surface area contributed by atoms with Crippen LogP contribution in [0.5, 0.6) is 0 Å². The van der Waals surface area contributed by atoms with Gasteiger partial charge in [0.15, 0.2) is 0 Å². The Balaban J connectivity index is 1.97. The van der Waals surface area contributed by atoms with Crippen molar-refractivity contribution in [3.63, 3.8) is 0 Å². The maximum Gasteiger partial charge on any atom is 0.0605 e. The second-order valence-corrected chi connectivity index (χ2v) is 5.84. The lowest BCUT2D eigenvalue weighted by atomic mass is 9.63. The van der Waals surface area contributed by atoms with Crippen molar-refractivity contribution in [3.05, 3.63) is 0 Å². The second-order valence-electron chi connectivity index (χ2n) is 5.84. The van der Waals surface area contributed by atoms with Crippen LogP contribution < -0.4 is 5.32 Å². The van der Waals surface area contributed by atoms with Crippen LogP contribution in [0, 0.1) is 17.8 Å². The van der Waals surface area contributed by atoms with Crippen LogP contribution in [0.4, 0.5) is 0 Å². The van der Waals surface area contributed by atoms with Crippen LogP contribution in [0.25, 0.3) is 0 Å². The van der Waals surface area contributed by atoms with E-state index in [1.54, 1.807) is 0 Å². The summed E-state index contributed by atoms with van der Waals surface area (Å²) >= 11 is 0. The zero-order valence-corrected chi connectivity index (χ0v) is 9.37. The van der Waals surface area contributed by atoms with Crippen molar-refractivity contribution in [2.45, 2.75) is 44.1 Å². The Morgan fingerprint density at radius 1 is 1.27 bits per heavy atom. The minimum absolute atomic E-state index is 0.364. The van der Waals surface area contributed by atoms with Gasteiger partial charge in [-0.15, -0.1) is 0 Å². The molecule has 4 bridgehead atoms. The first-order valence-electron chi connectivity index (χ1n) is 6.14. The first-order valence-corrected chi connectivity index (χ1v) is 6.14. The van der Waals surface area contributed by atoms with E-state index in [1.807, 2.05) is 0 Å². The van der Waals surface area contributed by atoms with Crippen LogP contribution >= 0.6 is 0 Å². The third kappa shape index (κ3) is 1.40. The summed E-state index contributed by atoms with van der Waals surface area (Å²) < 4.78 is 0. The van der Waals surface area contributed by atoms with Gasteiger partial charge in [0, 0.05) is 11.5 Å². The molecule has 4 aliphatic carbocycles. The number of hydrogen-bond acceptors (Lipinski definition) is 3. The Morgan fingerprint density at radius 3 is 2.80 bits per heavy atom. The Kier molecular flexibility index (Phi) is 2.06. The second kappa shape index (κ2) is 3.21. The fourth-order valence-electron chi connectivity index (χ4n) is 4.43. The highest BCUT2D eigenvalue weighted by Gasteiger charge is 2.49. The maximum atomic E-state index is 9.09. The smallest absolute Gasteiger partial charge is 0.0605 e. The van der Waals surface area contributed by atoms with Crippen LogP contribution in [0.15, 0.2) is 5.16 Å². The third-order valence-corrected chi connectivity index (χ3v) is 4.91. The Bertz CT molecular complexity index is 302. The minimum Gasteiger partial charge on any atom is -0.411 e. The van der Waals surface area contributed by atoms with Crippen LogP contribution in [0.2, 0.25) is 0 Å². The number of nitrogens with one attached hydrogen (secondary N) is 1. The molecule has 0 aromatic rings. The van der Waals surface area contributed by atoms with E-state index < -0.39 is 0 Å². The first kappa shape index (κ1) is 9.64. The van der Waals surface area contributed by atoms with E-state index in [0.29, 0.717) is 11.5 Å². The number of oxime groups is 1. The van der Waals surface area contributed by atoms with Crippen molar-refractivity contribution < 1.29 is 5.21 Å².